The third kappa shape index (κ3) is 4.60. The first kappa shape index (κ1) is 15.6. The number of thioether (sulfide) groups is 1. The van der Waals surface area contributed by atoms with Gasteiger partial charge in [0.15, 0.2) is 0 Å². The minimum Gasteiger partial charge on any atom is -0.478 e. The van der Waals surface area contributed by atoms with Gasteiger partial charge in [-0.15, -0.1) is 0 Å². The summed E-state index contributed by atoms with van der Waals surface area (Å²) in [6.45, 7) is 3.05. The molecule has 4 nitrogen and oxygen atoms in total. The molecule has 0 aliphatic carbocycles. The Labute approximate surface area is 128 Å². The Morgan fingerprint density at radius 3 is 2.86 bits per heavy atom. The molecule has 0 aliphatic heterocycles. The molecule has 1 aromatic heterocycles. The van der Waals surface area contributed by atoms with E-state index in [1.807, 2.05) is 13.2 Å². The van der Waals surface area contributed by atoms with E-state index in [0.717, 1.165) is 16.9 Å². The molecule has 0 unspecified atom stereocenters. The van der Waals surface area contributed by atoms with Crippen molar-refractivity contribution in [2.75, 3.05) is 18.2 Å². The molecular formula is C15H18FN3OS. The van der Waals surface area contributed by atoms with E-state index < -0.39 is 0 Å². The van der Waals surface area contributed by atoms with Crippen molar-refractivity contribution in [1.29, 1.82) is 0 Å². The molecule has 1 N–H and O–H groups in total. The fourth-order valence-electron chi connectivity index (χ4n) is 1.91. The van der Waals surface area contributed by atoms with Crippen molar-refractivity contribution >= 4 is 17.6 Å². The zero-order valence-corrected chi connectivity index (χ0v) is 12.9. The van der Waals surface area contributed by atoms with Gasteiger partial charge in [0.2, 0.25) is 5.88 Å². The Hall–Kier alpha value is -1.82. The van der Waals surface area contributed by atoms with Crippen molar-refractivity contribution in [3.8, 4) is 5.88 Å². The summed E-state index contributed by atoms with van der Waals surface area (Å²) in [5.41, 5.74) is 2.05. The third-order valence-electron chi connectivity index (χ3n) is 2.86. The van der Waals surface area contributed by atoms with Crippen LogP contribution < -0.4 is 10.1 Å². The maximum absolute atomic E-state index is 13.3. The van der Waals surface area contributed by atoms with Crippen molar-refractivity contribution in [3.63, 3.8) is 0 Å². The highest BCUT2D eigenvalue weighted by Gasteiger charge is 2.05. The van der Waals surface area contributed by atoms with E-state index in [1.54, 1.807) is 30.0 Å². The molecule has 0 bridgehead atoms. The topological polar surface area (TPSA) is 47.0 Å². The van der Waals surface area contributed by atoms with Crippen LogP contribution in [0.5, 0.6) is 5.88 Å². The number of nitrogens with zero attached hydrogens (tertiary/aromatic N) is 2. The predicted octanol–water partition coefficient (Wildman–Crippen LogP) is 3.49. The Kier molecular flexibility index (Phi) is 5.80. The smallest absolute Gasteiger partial charge is 0.218 e. The fourth-order valence-corrected chi connectivity index (χ4v) is 2.49. The molecule has 1 heterocycles. The summed E-state index contributed by atoms with van der Waals surface area (Å²) >= 11 is 1.67. The van der Waals surface area contributed by atoms with E-state index in [2.05, 4.69) is 15.3 Å². The first-order valence-corrected chi connectivity index (χ1v) is 8.07. The quantitative estimate of drug-likeness (QED) is 0.848. The molecule has 21 heavy (non-hydrogen) atoms. The molecule has 0 fully saturated rings. The maximum Gasteiger partial charge on any atom is 0.218 e. The van der Waals surface area contributed by atoms with Gasteiger partial charge in [-0.05, 0) is 36.4 Å². The zero-order chi connectivity index (χ0) is 15.1. The summed E-state index contributed by atoms with van der Waals surface area (Å²) in [4.78, 5) is 8.16. The lowest BCUT2D eigenvalue weighted by atomic mass is 10.1. The van der Waals surface area contributed by atoms with Crippen molar-refractivity contribution in [2.24, 2.45) is 0 Å². The number of nitrogens with one attached hydrogen (secondary N) is 1. The molecule has 0 saturated heterocycles. The normalized spacial score (nSPS) is 10.4. The van der Waals surface area contributed by atoms with Gasteiger partial charge in [-0.1, -0.05) is 6.07 Å². The number of rotatable bonds is 7. The molecule has 2 aromatic rings. The van der Waals surface area contributed by atoms with E-state index in [0.29, 0.717) is 24.8 Å². The predicted molar refractivity (Wildman–Crippen MR) is 84.1 cm³/mol. The summed E-state index contributed by atoms with van der Waals surface area (Å²) < 4.78 is 18.6. The van der Waals surface area contributed by atoms with Crippen molar-refractivity contribution < 1.29 is 9.13 Å². The lowest BCUT2D eigenvalue weighted by Crippen LogP contribution is -2.05. The zero-order valence-electron chi connectivity index (χ0n) is 12.1. The number of hydrogen-bond donors (Lipinski definition) is 1. The molecule has 112 valence electrons. The molecule has 2 rings (SSSR count). The Bertz CT molecular complexity index is 595. The second-order valence-corrected chi connectivity index (χ2v) is 5.24. The molecule has 0 atom stereocenters. The highest BCUT2D eigenvalue weighted by Crippen LogP contribution is 2.18. The van der Waals surface area contributed by atoms with Crippen LogP contribution in [0.3, 0.4) is 0 Å². The number of aromatic nitrogens is 2. The first-order chi connectivity index (χ1) is 10.2. The molecule has 0 aliphatic rings. The second kappa shape index (κ2) is 7.83. The molecule has 0 saturated carbocycles. The van der Waals surface area contributed by atoms with Crippen LogP contribution in [0.1, 0.15) is 18.1 Å². The monoisotopic (exact) mass is 307 g/mol. The van der Waals surface area contributed by atoms with E-state index in [1.165, 1.54) is 12.4 Å². The lowest BCUT2D eigenvalue weighted by Gasteiger charge is -2.11. The number of ether oxygens (including phenoxy) is 1. The summed E-state index contributed by atoms with van der Waals surface area (Å²) in [6.07, 6.45) is 3.46. The van der Waals surface area contributed by atoms with Crippen LogP contribution in [0.25, 0.3) is 0 Å². The minimum absolute atomic E-state index is 0.205. The van der Waals surface area contributed by atoms with Crippen molar-refractivity contribution in [2.45, 2.75) is 19.2 Å². The first-order valence-electron chi connectivity index (χ1n) is 6.68. The van der Waals surface area contributed by atoms with Gasteiger partial charge in [0.25, 0.3) is 0 Å². The van der Waals surface area contributed by atoms with Gasteiger partial charge in [-0.3, -0.25) is 0 Å². The highest BCUT2D eigenvalue weighted by molar-refractivity contribution is 7.97. The Balaban J connectivity index is 2.07. The summed E-state index contributed by atoms with van der Waals surface area (Å²) in [6, 6.07) is 6.62. The minimum atomic E-state index is -0.205. The van der Waals surface area contributed by atoms with Gasteiger partial charge in [0, 0.05) is 18.4 Å². The molecule has 1 aromatic carbocycles. The third-order valence-corrected chi connectivity index (χ3v) is 3.46. The molecule has 0 spiro atoms. The SMILES string of the molecule is CCOc1cc(NCc2ccc(F)cc2CSC)ncn1. The number of benzene rings is 1. The van der Waals surface area contributed by atoms with Gasteiger partial charge in [0.1, 0.15) is 18.0 Å². The average Bonchev–Trinajstić information content (AvgIpc) is 2.48. The van der Waals surface area contributed by atoms with Crippen LogP contribution in [-0.2, 0) is 12.3 Å². The largest absolute Gasteiger partial charge is 0.478 e. The number of anilines is 1. The van der Waals surface area contributed by atoms with Crippen LogP contribution in [0.15, 0.2) is 30.6 Å². The fraction of sp³-hybridized carbons (Fsp3) is 0.333. The van der Waals surface area contributed by atoms with E-state index in [-0.39, 0.29) is 5.82 Å². The Morgan fingerprint density at radius 2 is 2.10 bits per heavy atom. The van der Waals surface area contributed by atoms with Gasteiger partial charge in [-0.25, -0.2) is 14.4 Å². The number of halogens is 1. The Morgan fingerprint density at radius 1 is 1.24 bits per heavy atom. The average molecular weight is 307 g/mol. The van der Waals surface area contributed by atoms with Gasteiger partial charge in [0.05, 0.1) is 6.61 Å². The van der Waals surface area contributed by atoms with Crippen LogP contribution >= 0.6 is 11.8 Å². The molecule has 6 heteroatoms. The molecule has 0 amide bonds. The van der Waals surface area contributed by atoms with Crippen LogP contribution in [0.2, 0.25) is 0 Å². The second-order valence-electron chi connectivity index (χ2n) is 4.37. The standard InChI is InChI=1S/C15H18FN3OS/c1-3-20-15-7-14(18-10-19-15)17-8-11-4-5-13(16)6-12(11)9-21-2/h4-7,10H,3,8-9H2,1-2H3,(H,17,18,19). The van der Waals surface area contributed by atoms with Crippen molar-refractivity contribution in [1.82, 2.24) is 9.97 Å². The van der Waals surface area contributed by atoms with Gasteiger partial charge >= 0.3 is 0 Å². The highest BCUT2D eigenvalue weighted by atomic mass is 32.2. The maximum atomic E-state index is 13.3. The van der Waals surface area contributed by atoms with Crippen LogP contribution in [0.4, 0.5) is 10.2 Å². The van der Waals surface area contributed by atoms with E-state index >= 15 is 0 Å². The summed E-state index contributed by atoms with van der Waals surface area (Å²) in [5, 5.41) is 3.22. The molecular weight excluding hydrogens is 289 g/mol. The van der Waals surface area contributed by atoms with E-state index in [4.69, 9.17) is 4.74 Å². The lowest BCUT2D eigenvalue weighted by molar-refractivity contribution is 0.326. The van der Waals surface area contributed by atoms with Crippen LogP contribution in [0, 0.1) is 5.82 Å². The molecule has 0 radical (unpaired) electrons. The van der Waals surface area contributed by atoms with Crippen LogP contribution in [-0.4, -0.2) is 22.8 Å². The number of hydrogen-bond acceptors (Lipinski definition) is 5. The van der Waals surface area contributed by atoms with Gasteiger partial charge < -0.3 is 10.1 Å². The van der Waals surface area contributed by atoms with Gasteiger partial charge in [-0.2, -0.15) is 11.8 Å². The van der Waals surface area contributed by atoms with E-state index in [9.17, 15) is 4.39 Å². The summed E-state index contributed by atoms with van der Waals surface area (Å²) in [5.74, 6) is 1.80. The van der Waals surface area contributed by atoms with Crippen molar-refractivity contribution in [3.05, 3.63) is 47.5 Å². The summed E-state index contributed by atoms with van der Waals surface area (Å²) in [7, 11) is 0.